The van der Waals surface area contributed by atoms with Crippen molar-refractivity contribution in [2.75, 3.05) is 12.4 Å². The van der Waals surface area contributed by atoms with Gasteiger partial charge >= 0.3 is 6.09 Å². The van der Waals surface area contributed by atoms with Crippen LogP contribution in [0.1, 0.15) is 10.4 Å². The highest BCUT2D eigenvalue weighted by molar-refractivity contribution is 5.87. The number of hydrogen-bond donors (Lipinski definition) is 1. The van der Waals surface area contributed by atoms with Crippen LogP contribution in [0.15, 0.2) is 60.8 Å². The molecule has 0 saturated carbocycles. The van der Waals surface area contributed by atoms with Gasteiger partial charge in [-0.1, -0.05) is 30.3 Å². The Morgan fingerprint density at radius 2 is 1.83 bits per heavy atom. The van der Waals surface area contributed by atoms with Crippen LogP contribution in [0.25, 0.3) is 16.9 Å². The topological polar surface area (TPSA) is 73.2 Å². The fraction of sp³-hybridized carbons (Fsp3) is 0.0556. The number of carbonyl (C=O) groups is 2. The summed E-state index contributed by atoms with van der Waals surface area (Å²) in [5.41, 5.74) is 3.32. The molecule has 1 amide bonds. The monoisotopic (exact) mass is 321 g/mol. The van der Waals surface area contributed by atoms with E-state index in [0.29, 0.717) is 16.9 Å². The number of aromatic nitrogens is 2. The van der Waals surface area contributed by atoms with E-state index >= 15 is 0 Å². The van der Waals surface area contributed by atoms with Gasteiger partial charge in [-0.25, -0.2) is 9.48 Å². The molecule has 0 saturated heterocycles. The van der Waals surface area contributed by atoms with Crippen LogP contribution < -0.4 is 5.32 Å². The molecule has 0 radical (unpaired) electrons. The molecule has 0 fully saturated rings. The van der Waals surface area contributed by atoms with Gasteiger partial charge in [0.1, 0.15) is 5.69 Å². The molecule has 0 aliphatic carbocycles. The third kappa shape index (κ3) is 3.17. The van der Waals surface area contributed by atoms with E-state index in [-0.39, 0.29) is 0 Å². The third-order valence-corrected chi connectivity index (χ3v) is 3.48. The molecule has 1 heterocycles. The van der Waals surface area contributed by atoms with Crippen LogP contribution in [0.4, 0.5) is 10.5 Å². The SMILES string of the molecule is COC(=O)Nc1ccc(-c2nn(-c3ccccc3)cc2C=O)cc1. The number of aldehydes is 1. The molecule has 24 heavy (non-hydrogen) atoms. The Bertz CT molecular complexity index is 855. The highest BCUT2D eigenvalue weighted by Gasteiger charge is 2.12. The summed E-state index contributed by atoms with van der Waals surface area (Å²) in [5.74, 6) is 0. The predicted molar refractivity (Wildman–Crippen MR) is 90.4 cm³/mol. The molecule has 6 nitrogen and oxygen atoms in total. The maximum absolute atomic E-state index is 11.4. The van der Waals surface area contributed by atoms with Crippen molar-refractivity contribution < 1.29 is 14.3 Å². The summed E-state index contributed by atoms with van der Waals surface area (Å²) in [4.78, 5) is 22.6. The predicted octanol–water partition coefficient (Wildman–Crippen LogP) is 3.53. The van der Waals surface area contributed by atoms with Crippen LogP contribution in [0.2, 0.25) is 0 Å². The van der Waals surface area contributed by atoms with Crippen LogP contribution >= 0.6 is 0 Å². The van der Waals surface area contributed by atoms with Crippen LogP contribution in [0.5, 0.6) is 0 Å². The Hall–Kier alpha value is -3.41. The second kappa shape index (κ2) is 6.78. The molecule has 6 heteroatoms. The molecule has 3 rings (SSSR count). The number of rotatable bonds is 4. The largest absolute Gasteiger partial charge is 0.453 e. The van der Waals surface area contributed by atoms with Gasteiger partial charge in [0.05, 0.1) is 18.4 Å². The molecule has 3 aromatic rings. The third-order valence-electron chi connectivity index (χ3n) is 3.48. The number of hydrogen-bond acceptors (Lipinski definition) is 4. The van der Waals surface area contributed by atoms with Gasteiger partial charge in [0.15, 0.2) is 6.29 Å². The van der Waals surface area contributed by atoms with Crippen LogP contribution in [-0.4, -0.2) is 29.3 Å². The standard InChI is InChI=1S/C18H15N3O3/c1-24-18(23)19-15-9-7-13(8-10-15)17-14(12-22)11-21(20-17)16-5-3-2-4-6-16/h2-12H,1H3,(H,19,23). The van der Waals surface area contributed by atoms with E-state index in [2.05, 4.69) is 15.2 Å². The first-order chi connectivity index (χ1) is 11.7. The maximum atomic E-state index is 11.4. The molecule has 0 spiro atoms. The van der Waals surface area contributed by atoms with Crippen LogP contribution in [0, 0.1) is 0 Å². The van der Waals surface area contributed by atoms with E-state index in [1.54, 1.807) is 35.1 Å². The van der Waals surface area contributed by atoms with E-state index in [9.17, 15) is 9.59 Å². The Labute approximate surface area is 138 Å². The van der Waals surface area contributed by atoms with Crippen molar-refractivity contribution in [1.82, 2.24) is 9.78 Å². The summed E-state index contributed by atoms with van der Waals surface area (Å²) < 4.78 is 6.21. The zero-order chi connectivity index (χ0) is 16.9. The van der Waals surface area contributed by atoms with Crippen molar-refractivity contribution >= 4 is 18.1 Å². The molecular weight excluding hydrogens is 306 g/mol. The number of methoxy groups -OCH3 is 1. The van der Waals surface area contributed by atoms with Crippen LogP contribution in [-0.2, 0) is 4.74 Å². The van der Waals surface area contributed by atoms with Gasteiger partial charge in [-0.15, -0.1) is 0 Å². The molecule has 1 aromatic heterocycles. The first kappa shape index (κ1) is 15.5. The fourth-order valence-corrected chi connectivity index (χ4v) is 2.29. The van der Waals surface area contributed by atoms with Crippen molar-refractivity contribution in [2.45, 2.75) is 0 Å². The Morgan fingerprint density at radius 1 is 1.12 bits per heavy atom. The summed E-state index contributed by atoms with van der Waals surface area (Å²) in [6.45, 7) is 0. The lowest BCUT2D eigenvalue weighted by atomic mass is 10.1. The molecular formula is C18H15N3O3. The molecule has 2 aromatic carbocycles. The molecule has 0 bridgehead atoms. The zero-order valence-corrected chi connectivity index (χ0v) is 13.0. The number of nitrogens with zero attached hydrogens (tertiary/aromatic N) is 2. The second-order valence-corrected chi connectivity index (χ2v) is 5.02. The smallest absolute Gasteiger partial charge is 0.411 e. The summed E-state index contributed by atoms with van der Waals surface area (Å²) in [5, 5.41) is 7.08. The Morgan fingerprint density at radius 3 is 2.46 bits per heavy atom. The Kier molecular flexibility index (Phi) is 4.38. The van der Waals surface area contributed by atoms with Gasteiger partial charge in [0, 0.05) is 17.4 Å². The molecule has 1 N–H and O–H groups in total. The summed E-state index contributed by atoms with van der Waals surface area (Å²) >= 11 is 0. The van der Waals surface area contributed by atoms with Gasteiger partial charge in [-0.2, -0.15) is 5.10 Å². The summed E-state index contributed by atoms with van der Waals surface area (Å²) in [6, 6.07) is 16.6. The average Bonchev–Trinajstić information content (AvgIpc) is 3.07. The number of carbonyl (C=O) groups excluding carboxylic acids is 2. The first-order valence-corrected chi connectivity index (χ1v) is 7.27. The van der Waals surface area contributed by atoms with Gasteiger partial charge in [0.2, 0.25) is 0 Å². The van der Waals surface area contributed by atoms with Crippen molar-refractivity contribution in [2.24, 2.45) is 0 Å². The van der Waals surface area contributed by atoms with Gasteiger partial charge < -0.3 is 4.74 Å². The molecule has 0 aliphatic rings. The lowest BCUT2D eigenvalue weighted by Crippen LogP contribution is -2.10. The lowest BCUT2D eigenvalue weighted by molar-refractivity contribution is 0.112. The van der Waals surface area contributed by atoms with E-state index in [1.165, 1.54) is 7.11 Å². The number of para-hydroxylation sites is 1. The van der Waals surface area contributed by atoms with E-state index < -0.39 is 6.09 Å². The van der Waals surface area contributed by atoms with Crippen molar-refractivity contribution in [3.63, 3.8) is 0 Å². The summed E-state index contributed by atoms with van der Waals surface area (Å²) in [6.07, 6.45) is 1.94. The average molecular weight is 321 g/mol. The summed E-state index contributed by atoms with van der Waals surface area (Å²) in [7, 11) is 1.30. The van der Waals surface area contributed by atoms with E-state index in [1.807, 2.05) is 30.3 Å². The lowest BCUT2D eigenvalue weighted by Gasteiger charge is -2.04. The van der Waals surface area contributed by atoms with Gasteiger partial charge in [-0.05, 0) is 24.3 Å². The van der Waals surface area contributed by atoms with Gasteiger partial charge in [0.25, 0.3) is 0 Å². The number of anilines is 1. The van der Waals surface area contributed by atoms with Crippen LogP contribution in [0.3, 0.4) is 0 Å². The second-order valence-electron chi connectivity index (χ2n) is 5.02. The fourth-order valence-electron chi connectivity index (χ4n) is 2.29. The van der Waals surface area contributed by atoms with Gasteiger partial charge in [-0.3, -0.25) is 10.1 Å². The maximum Gasteiger partial charge on any atom is 0.411 e. The van der Waals surface area contributed by atoms with Crippen molar-refractivity contribution in [3.05, 3.63) is 66.4 Å². The number of amides is 1. The molecule has 0 atom stereocenters. The molecule has 0 unspecified atom stereocenters. The number of nitrogens with one attached hydrogen (secondary N) is 1. The Balaban J connectivity index is 1.93. The van der Waals surface area contributed by atoms with Crippen molar-refractivity contribution in [3.8, 4) is 16.9 Å². The molecule has 120 valence electrons. The highest BCUT2D eigenvalue weighted by Crippen LogP contribution is 2.24. The quantitative estimate of drug-likeness (QED) is 0.746. The molecule has 0 aliphatic heterocycles. The number of benzene rings is 2. The van der Waals surface area contributed by atoms with E-state index in [0.717, 1.165) is 17.5 Å². The normalized spacial score (nSPS) is 10.2. The van der Waals surface area contributed by atoms with E-state index in [4.69, 9.17) is 0 Å². The zero-order valence-electron chi connectivity index (χ0n) is 13.0. The minimum absolute atomic E-state index is 0.493. The first-order valence-electron chi connectivity index (χ1n) is 7.27. The minimum Gasteiger partial charge on any atom is -0.453 e. The minimum atomic E-state index is -0.537. The van der Waals surface area contributed by atoms with Crippen molar-refractivity contribution in [1.29, 1.82) is 0 Å². The number of ether oxygens (including phenoxy) is 1. The highest BCUT2D eigenvalue weighted by atomic mass is 16.5.